The van der Waals surface area contributed by atoms with Gasteiger partial charge < -0.3 is 19.9 Å². The highest BCUT2D eigenvalue weighted by Crippen LogP contribution is 2.48. The number of hydrogen-bond donors (Lipinski definition) is 3. The van der Waals surface area contributed by atoms with Crippen molar-refractivity contribution in [3.63, 3.8) is 0 Å². The minimum Gasteiger partial charge on any atom is -0.508 e. The van der Waals surface area contributed by atoms with E-state index in [2.05, 4.69) is 15.8 Å². The number of hydrogen-bond acceptors (Lipinski definition) is 8. The molecule has 9 nitrogen and oxygen atoms in total. The van der Waals surface area contributed by atoms with Crippen molar-refractivity contribution in [1.29, 1.82) is 0 Å². The monoisotopic (exact) mass is 531 g/mol. The summed E-state index contributed by atoms with van der Waals surface area (Å²) in [6, 6.07) is 13.4. The Morgan fingerprint density at radius 3 is 2.59 bits per heavy atom. The number of nitrogens with one attached hydrogen (secondary N) is 2. The molecule has 0 radical (unpaired) electrons. The third-order valence-electron chi connectivity index (χ3n) is 6.62. The van der Waals surface area contributed by atoms with Crippen molar-refractivity contribution in [3.05, 3.63) is 82.2 Å². The molecule has 9 heteroatoms. The Bertz CT molecular complexity index is 1370. The summed E-state index contributed by atoms with van der Waals surface area (Å²) in [6.07, 6.45) is 2.45. The van der Waals surface area contributed by atoms with Crippen LogP contribution < -0.4 is 15.5 Å². The predicted molar refractivity (Wildman–Crippen MR) is 146 cm³/mol. The molecule has 3 N–H and O–H groups in total. The summed E-state index contributed by atoms with van der Waals surface area (Å²) >= 11 is 0. The zero-order chi connectivity index (χ0) is 28.2. The van der Waals surface area contributed by atoms with Crippen molar-refractivity contribution < 1.29 is 29.0 Å². The number of phenols is 1. The van der Waals surface area contributed by atoms with Gasteiger partial charge in [0.2, 0.25) is 0 Å². The maximum Gasteiger partial charge on any atom is 0.336 e. The minimum absolute atomic E-state index is 0.0378. The Labute approximate surface area is 227 Å². The summed E-state index contributed by atoms with van der Waals surface area (Å²) in [4.78, 5) is 39.1. The van der Waals surface area contributed by atoms with Gasteiger partial charge in [-0.25, -0.2) is 10.2 Å². The van der Waals surface area contributed by atoms with Crippen LogP contribution in [0.25, 0.3) is 0 Å². The molecule has 0 aromatic heterocycles. The Morgan fingerprint density at radius 1 is 1.15 bits per heavy atom. The van der Waals surface area contributed by atoms with Crippen LogP contribution in [0, 0.1) is 5.41 Å². The Hall–Kier alpha value is -4.40. The number of phenolic OH excluding ortho intramolecular Hbond substituents is 1. The molecule has 1 aliphatic carbocycles. The molecule has 2 aromatic carbocycles. The lowest BCUT2D eigenvalue weighted by molar-refractivity contribution is -0.139. The fraction of sp³-hybridized carbons (Fsp3) is 0.333. The number of nitrogens with zero attached hydrogens (tertiary/aromatic N) is 1. The van der Waals surface area contributed by atoms with Gasteiger partial charge >= 0.3 is 5.97 Å². The molecule has 0 saturated carbocycles. The van der Waals surface area contributed by atoms with E-state index in [-0.39, 0.29) is 30.2 Å². The number of ether oxygens (including phenoxy) is 2. The molecule has 1 amide bonds. The maximum absolute atomic E-state index is 13.5. The summed E-state index contributed by atoms with van der Waals surface area (Å²) in [5, 5.41) is 16.6. The smallest absolute Gasteiger partial charge is 0.336 e. The second-order valence-corrected chi connectivity index (χ2v) is 10.4. The molecular weight excluding hydrogens is 498 g/mol. The first-order valence-corrected chi connectivity index (χ1v) is 12.8. The molecule has 0 saturated heterocycles. The van der Waals surface area contributed by atoms with Gasteiger partial charge in [0.25, 0.3) is 5.91 Å². The van der Waals surface area contributed by atoms with Gasteiger partial charge in [-0.1, -0.05) is 32.0 Å². The molecule has 0 bridgehead atoms. The minimum atomic E-state index is -0.698. The zero-order valence-electron chi connectivity index (χ0n) is 22.5. The van der Waals surface area contributed by atoms with E-state index < -0.39 is 17.8 Å². The van der Waals surface area contributed by atoms with Gasteiger partial charge in [-0.3, -0.25) is 9.59 Å². The first kappa shape index (κ1) is 27.6. The molecule has 1 heterocycles. The molecule has 1 atom stereocenters. The van der Waals surface area contributed by atoms with Gasteiger partial charge in [0.05, 0.1) is 24.3 Å². The van der Waals surface area contributed by atoms with E-state index in [0.29, 0.717) is 46.6 Å². The van der Waals surface area contributed by atoms with Crippen molar-refractivity contribution in [1.82, 2.24) is 10.7 Å². The molecule has 0 spiro atoms. The van der Waals surface area contributed by atoms with Gasteiger partial charge in [0, 0.05) is 29.0 Å². The molecular formula is C30H33N3O6. The Kier molecular flexibility index (Phi) is 8.18. The van der Waals surface area contributed by atoms with E-state index in [4.69, 9.17) is 9.47 Å². The second kappa shape index (κ2) is 11.6. The van der Waals surface area contributed by atoms with Crippen LogP contribution in [0.2, 0.25) is 0 Å². The van der Waals surface area contributed by atoms with Crippen LogP contribution in [0.4, 0.5) is 0 Å². The number of para-hydroxylation sites is 1. The number of Topliss-reactive ketones (excluding diaryl/α,β-unsaturated/α-hetero) is 1. The Balaban J connectivity index is 1.61. The van der Waals surface area contributed by atoms with Crippen molar-refractivity contribution in [2.24, 2.45) is 10.5 Å². The second-order valence-electron chi connectivity index (χ2n) is 10.4. The molecule has 1 aliphatic heterocycles. The fourth-order valence-corrected chi connectivity index (χ4v) is 4.99. The highest BCUT2D eigenvalue weighted by molar-refractivity contribution is 6.04. The summed E-state index contributed by atoms with van der Waals surface area (Å²) in [5.41, 5.74) is 5.79. The number of hydrazone groups is 1. The summed E-state index contributed by atoms with van der Waals surface area (Å²) in [5.74, 6) is -1.22. The lowest BCUT2D eigenvalue weighted by Gasteiger charge is -2.39. The average Bonchev–Trinajstić information content (AvgIpc) is 2.87. The van der Waals surface area contributed by atoms with Crippen LogP contribution in [-0.2, 0) is 19.1 Å². The Morgan fingerprint density at radius 2 is 1.87 bits per heavy atom. The number of aromatic hydroxyl groups is 1. The van der Waals surface area contributed by atoms with Crippen LogP contribution in [0.5, 0.6) is 11.5 Å². The predicted octanol–water partition coefficient (Wildman–Crippen LogP) is 4.09. The van der Waals surface area contributed by atoms with E-state index in [1.807, 2.05) is 19.9 Å². The number of amides is 1. The van der Waals surface area contributed by atoms with Crippen molar-refractivity contribution in [3.8, 4) is 11.5 Å². The number of ketones is 1. The summed E-state index contributed by atoms with van der Waals surface area (Å²) < 4.78 is 11.3. The normalized spacial score (nSPS) is 18.5. The first-order chi connectivity index (χ1) is 18.6. The van der Waals surface area contributed by atoms with Crippen LogP contribution in [0.15, 0.2) is 76.2 Å². The van der Waals surface area contributed by atoms with Crippen molar-refractivity contribution in [2.75, 3.05) is 13.2 Å². The molecule has 2 aromatic rings. The average molecular weight is 532 g/mol. The van der Waals surface area contributed by atoms with E-state index in [1.54, 1.807) is 44.2 Å². The van der Waals surface area contributed by atoms with E-state index in [9.17, 15) is 19.5 Å². The number of carbonyl (C=O) groups excluding carboxylic acids is 3. The third kappa shape index (κ3) is 6.37. The van der Waals surface area contributed by atoms with Gasteiger partial charge in [-0.15, -0.1) is 0 Å². The number of dihydropyridines is 1. The van der Waals surface area contributed by atoms with Gasteiger partial charge in [0.1, 0.15) is 11.5 Å². The fourth-order valence-electron chi connectivity index (χ4n) is 4.99. The quantitative estimate of drug-likeness (QED) is 0.266. The molecule has 2 aliphatic rings. The van der Waals surface area contributed by atoms with Gasteiger partial charge in [-0.05, 0) is 61.6 Å². The molecule has 39 heavy (non-hydrogen) atoms. The molecule has 204 valence electrons. The van der Waals surface area contributed by atoms with Crippen LogP contribution in [-0.4, -0.2) is 42.2 Å². The lowest BCUT2D eigenvalue weighted by atomic mass is 9.68. The number of rotatable bonds is 8. The standard InChI is InChI=1S/C30H33N3O6/c1-5-38-29(37)26-18(2)32-22-14-30(3,4)15-23(35)28(22)27(26)21-8-6-7-9-24(21)39-17-25(36)33-31-16-19-10-12-20(34)13-11-19/h6-13,16,27,32,34H,5,14-15,17H2,1-4H3,(H,33,36). The largest absolute Gasteiger partial charge is 0.508 e. The maximum atomic E-state index is 13.5. The number of allylic oxidation sites excluding steroid dienone is 3. The van der Waals surface area contributed by atoms with Gasteiger partial charge in [0.15, 0.2) is 12.4 Å². The topological polar surface area (TPSA) is 126 Å². The highest BCUT2D eigenvalue weighted by Gasteiger charge is 2.44. The van der Waals surface area contributed by atoms with Crippen LogP contribution in [0.1, 0.15) is 57.6 Å². The molecule has 0 fully saturated rings. The summed E-state index contributed by atoms with van der Waals surface area (Å²) in [7, 11) is 0. The van der Waals surface area contributed by atoms with E-state index in [1.165, 1.54) is 18.3 Å². The zero-order valence-corrected chi connectivity index (χ0v) is 22.5. The van der Waals surface area contributed by atoms with E-state index >= 15 is 0 Å². The van der Waals surface area contributed by atoms with E-state index in [0.717, 1.165) is 5.70 Å². The van der Waals surface area contributed by atoms with Gasteiger partial charge in [-0.2, -0.15) is 5.10 Å². The molecule has 4 rings (SSSR count). The molecule has 1 unspecified atom stereocenters. The van der Waals surface area contributed by atoms with Crippen molar-refractivity contribution >= 4 is 23.9 Å². The number of carbonyl (C=O) groups is 3. The number of esters is 1. The van der Waals surface area contributed by atoms with Crippen molar-refractivity contribution in [2.45, 2.75) is 46.5 Å². The third-order valence-corrected chi connectivity index (χ3v) is 6.62. The lowest BCUT2D eigenvalue weighted by Crippen LogP contribution is -2.38. The number of benzene rings is 2. The highest BCUT2D eigenvalue weighted by atomic mass is 16.5. The van der Waals surface area contributed by atoms with Crippen LogP contribution in [0.3, 0.4) is 0 Å². The first-order valence-electron chi connectivity index (χ1n) is 12.8. The van der Waals surface area contributed by atoms with Crippen LogP contribution >= 0.6 is 0 Å². The SMILES string of the molecule is CCOC(=O)C1=C(C)NC2=C(C(=O)CC(C)(C)C2)C1c1ccccc1OCC(=O)NN=Cc1ccc(O)cc1. The summed E-state index contributed by atoms with van der Waals surface area (Å²) in [6.45, 7) is 7.49.